The number of rotatable bonds is 3. The van der Waals surface area contributed by atoms with Crippen LogP contribution < -0.4 is 5.32 Å². The fraction of sp³-hybridized carbons (Fsp3) is 1.00. The SMILES string of the molecule is CNC(C(C)O)C(O)(O)O. The highest BCUT2D eigenvalue weighted by molar-refractivity contribution is 4.76. The second kappa shape index (κ2) is 3.27. The molecule has 0 bridgehead atoms. The summed E-state index contributed by atoms with van der Waals surface area (Å²) < 4.78 is 0. The average Bonchev–Trinajstić information content (AvgIpc) is 1.60. The fourth-order valence-corrected chi connectivity index (χ4v) is 0.758. The first-order valence-electron chi connectivity index (χ1n) is 2.92. The van der Waals surface area contributed by atoms with Crippen molar-refractivity contribution < 1.29 is 20.4 Å². The van der Waals surface area contributed by atoms with E-state index in [1.54, 1.807) is 0 Å². The van der Waals surface area contributed by atoms with E-state index in [0.29, 0.717) is 0 Å². The van der Waals surface area contributed by atoms with Crippen molar-refractivity contribution in [2.75, 3.05) is 7.05 Å². The maximum Gasteiger partial charge on any atom is 0.294 e. The number of aliphatic hydroxyl groups excluding tert-OH is 1. The van der Waals surface area contributed by atoms with Crippen LogP contribution in [-0.2, 0) is 0 Å². The number of likely N-dealkylation sites (N-methyl/N-ethyl adjacent to an activating group) is 1. The van der Waals surface area contributed by atoms with Crippen LogP contribution >= 0.6 is 0 Å². The Morgan fingerprint density at radius 1 is 1.30 bits per heavy atom. The van der Waals surface area contributed by atoms with Gasteiger partial charge in [-0.25, -0.2) is 0 Å². The third-order valence-corrected chi connectivity index (χ3v) is 1.21. The maximum atomic E-state index is 8.81. The molecule has 2 unspecified atom stereocenters. The van der Waals surface area contributed by atoms with Gasteiger partial charge in [0, 0.05) is 0 Å². The Kier molecular flexibility index (Phi) is 3.20. The fourth-order valence-electron chi connectivity index (χ4n) is 0.758. The number of hydrogen-bond acceptors (Lipinski definition) is 5. The highest BCUT2D eigenvalue weighted by atomic mass is 16.7. The minimum absolute atomic E-state index is 1.04. The summed E-state index contributed by atoms with van der Waals surface area (Å²) in [7, 11) is 1.40. The van der Waals surface area contributed by atoms with Crippen molar-refractivity contribution in [3.8, 4) is 0 Å². The second-order valence-electron chi connectivity index (χ2n) is 2.19. The van der Waals surface area contributed by atoms with Gasteiger partial charge in [-0.05, 0) is 14.0 Å². The largest absolute Gasteiger partial charge is 0.391 e. The van der Waals surface area contributed by atoms with E-state index in [9.17, 15) is 0 Å². The van der Waals surface area contributed by atoms with Gasteiger partial charge in [0.2, 0.25) is 0 Å². The van der Waals surface area contributed by atoms with Gasteiger partial charge in [0.1, 0.15) is 6.04 Å². The highest BCUT2D eigenvalue weighted by Gasteiger charge is 2.34. The van der Waals surface area contributed by atoms with Crippen LogP contribution in [0.15, 0.2) is 0 Å². The van der Waals surface area contributed by atoms with Crippen LogP contribution in [0.5, 0.6) is 0 Å². The van der Waals surface area contributed by atoms with E-state index in [0.717, 1.165) is 0 Å². The lowest BCUT2D eigenvalue weighted by atomic mass is 10.1. The Hall–Kier alpha value is -0.200. The molecule has 0 aromatic carbocycles. The first-order valence-corrected chi connectivity index (χ1v) is 2.92. The molecule has 5 N–H and O–H groups in total. The molecule has 0 rings (SSSR count). The lowest BCUT2D eigenvalue weighted by Crippen LogP contribution is -2.55. The Balaban J connectivity index is 4.07. The minimum atomic E-state index is -2.87. The van der Waals surface area contributed by atoms with Gasteiger partial charge in [0.25, 0.3) is 5.97 Å². The second-order valence-corrected chi connectivity index (χ2v) is 2.19. The topological polar surface area (TPSA) is 93.0 Å². The van der Waals surface area contributed by atoms with Crippen LogP contribution in [0.2, 0.25) is 0 Å². The Labute approximate surface area is 58.9 Å². The van der Waals surface area contributed by atoms with E-state index in [2.05, 4.69) is 5.32 Å². The Morgan fingerprint density at radius 3 is 1.70 bits per heavy atom. The summed E-state index contributed by atoms with van der Waals surface area (Å²) in [5.74, 6) is -2.87. The molecule has 0 aromatic heterocycles. The summed E-state index contributed by atoms with van der Waals surface area (Å²) in [6.45, 7) is 1.33. The smallest absolute Gasteiger partial charge is 0.294 e. The first-order chi connectivity index (χ1) is 4.39. The van der Waals surface area contributed by atoms with Gasteiger partial charge in [-0.1, -0.05) is 0 Å². The molecule has 10 heavy (non-hydrogen) atoms. The van der Waals surface area contributed by atoms with Gasteiger partial charge in [0.15, 0.2) is 0 Å². The van der Waals surface area contributed by atoms with Gasteiger partial charge in [-0.15, -0.1) is 0 Å². The van der Waals surface area contributed by atoms with Crippen molar-refractivity contribution >= 4 is 0 Å². The van der Waals surface area contributed by atoms with E-state index in [-0.39, 0.29) is 0 Å². The maximum absolute atomic E-state index is 8.81. The molecule has 0 saturated carbocycles. The monoisotopic (exact) mass is 151 g/mol. The molecule has 5 nitrogen and oxygen atoms in total. The van der Waals surface area contributed by atoms with Gasteiger partial charge in [-0.2, -0.15) is 0 Å². The lowest BCUT2D eigenvalue weighted by Gasteiger charge is -2.27. The molecule has 0 heterocycles. The van der Waals surface area contributed by atoms with E-state index in [1.165, 1.54) is 14.0 Å². The summed E-state index contributed by atoms with van der Waals surface area (Å²) in [4.78, 5) is 0. The van der Waals surface area contributed by atoms with Crippen LogP contribution in [0.1, 0.15) is 6.92 Å². The molecular formula is C5H13NO4. The number of nitrogens with one attached hydrogen (secondary N) is 1. The van der Waals surface area contributed by atoms with Crippen molar-refractivity contribution in [3.63, 3.8) is 0 Å². The molecule has 0 spiro atoms. The normalized spacial score (nSPS) is 18.6. The summed E-state index contributed by atoms with van der Waals surface area (Å²) in [6.07, 6.45) is -1.04. The Bertz CT molecular complexity index is 98.3. The molecule has 0 aromatic rings. The average molecular weight is 151 g/mol. The molecule has 0 aliphatic rings. The summed E-state index contributed by atoms with van der Waals surface area (Å²) in [6, 6.07) is -1.16. The van der Waals surface area contributed by atoms with Crippen LogP contribution in [0.4, 0.5) is 0 Å². The van der Waals surface area contributed by atoms with E-state index in [4.69, 9.17) is 20.4 Å². The molecule has 62 valence electrons. The summed E-state index contributed by atoms with van der Waals surface area (Å²) in [5, 5.41) is 36.8. The zero-order valence-corrected chi connectivity index (χ0v) is 5.94. The van der Waals surface area contributed by atoms with Crippen LogP contribution in [-0.4, -0.2) is 45.6 Å². The highest BCUT2D eigenvalue weighted by Crippen LogP contribution is 2.05. The Morgan fingerprint density at radius 2 is 1.70 bits per heavy atom. The van der Waals surface area contributed by atoms with E-state index in [1.807, 2.05) is 0 Å². The lowest BCUT2D eigenvalue weighted by molar-refractivity contribution is -0.335. The quantitative estimate of drug-likeness (QED) is 0.290. The summed E-state index contributed by atoms with van der Waals surface area (Å²) in [5.41, 5.74) is 0. The third-order valence-electron chi connectivity index (χ3n) is 1.21. The van der Waals surface area contributed by atoms with Crippen molar-refractivity contribution in [2.24, 2.45) is 0 Å². The molecule has 0 amide bonds. The van der Waals surface area contributed by atoms with Gasteiger partial charge >= 0.3 is 0 Å². The first kappa shape index (κ1) is 9.80. The molecule has 0 fully saturated rings. The van der Waals surface area contributed by atoms with Crippen LogP contribution in [0, 0.1) is 0 Å². The minimum Gasteiger partial charge on any atom is -0.391 e. The van der Waals surface area contributed by atoms with Crippen molar-refractivity contribution in [1.29, 1.82) is 0 Å². The standard InChI is InChI=1S/C5H13NO4/c1-3(7)4(6-2)5(8,9)10/h3-4,6-10H,1-2H3. The number of hydrogen-bond donors (Lipinski definition) is 5. The van der Waals surface area contributed by atoms with Gasteiger partial charge in [0.05, 0.1) is 6.10 Å². The van der Waals surface area contributed by atoms with Crippen molar-refractivity contribution in [3.05, 3.63) is 0 Å². The zero-order chi connectivity index (χ0) is 8.36. The molecule has 5 heteroatoms. The third kappa shape index (κ3) is 2.59. The molecule has 2 atom stereocenters. The van der Waals surface area contributed by atoms with Crippen LogP contribution in [0.3, 0.4) is 0 Å². The molecule has 0 saturated heterocycles. The van der Waals surface area contributed by atoms with Crippen molar-refractivity contribution in [2.45, 2.75) is 25.0 Å². The zero-order valence-electron chi connectivity index (χ0n) is 5.94. The van der Waals surface area contributed by atoms with E-state index >= 15 is 0 Å². The molecular weight excluding hydrogens is 138 g/mol. The summed E-state index contributed by atoms with van der Waals surface area (Å²) >= 11 is 0. The molecule has 0 radical (unpaired) electrons. The van der Waals surface area contributed by atoms with Gasteiger partial charge < -0.3 is 25.7 Å². The molecule has 0 aliphatic heterocycles. The van der Waals surface area contributed by atoms with Crippen LogP contribution in [0.25, 0.3) is 0 Å². The van der Waals surface area contributed by atoms with Gasteiger partial charge in [-0.3, -0.25) is 0 Å². The number of aliphatic hydroxyl groups is 4. The van der Waals surface area contributed by atoms with Crippen molar-refractivity contribution in [1.82, 2.24) is 5.32 Å². The molecule has 0 aliphatic carbocycles. The predicted molar refractivity (Wildman–Crippen MR) is 33.9 cm³/mol. The van der Waals surface area contributed by atoms with E-state index < -0.39 is 18.1 Å². The predicted octanol–water partition coefficient (Wildman–Crippen LogP) is -2.41.